The van der Waals surface area contributed by atoms with Crippen LogP contribution in [0.4, 0.5) is 0 Å². The maximum absolute atomic E-state index is 10.1. The van der Waals surface area contributed by atoms with Crippen molar-refractivity contribution in [1.82, 2.24) is 4.90 Å². The highest BCUT2D eigenvalue weighted by atomic mass is 79.9. The number of methoxy groups -OCH3 is 1. The number of ether oxygens (including phenoxy) is 1. The van der Waals surface area contributed by atoms with Crippen molar-refractivity contribution in [3.63, 3.8) is 0 Å². The van der Waals surface area contributed by atoms with Gasteiger partial charge in [-0.25, -0.2) is 0 Å². The minimum Gasteiger partial charge on any atom is -0.497 e. The molecule has 0 aliphatic carbocycles. The van der Waals surface area contributed by atoms with Crippen molar-refractivity contribution < 1.29 is 9.84 Å². The van der Waals surface area contributed by atoms with Crippen LogP contribution in [0.1, 0.15) is 37.4 Å². The van der Waals surface area contributed by atoms with Crippen molar-refractivity contribution in [1.29, 1.82) is 0 Å². The van der Waals surface area contributed by atoms with Crippen molar-refractivity contribution in [2.24, 2.45) is 0 Å². The first kappa shape index (κ1) is 16.5. The summed E-state index contributed by atoms with van der Waals surface area (Å²) in [4.78, 5) is 2.45. The molecule has 1 heterocycles. The second-order valence-electron chi connectivity index (χ2n) is 4.98. The molecule has 0 spiro atoms. The van der Waals surface area contributed by atoms with Gasteiger partial charge in [-0.3, -0.25) is 0 Å². The number of halogens is 1. The lowest BCUT2D eigenvalue weighted by molar-refractivity contribution is 0.134. The zero-order valence-corrected chi connectivity index (χ0v) is 13.3. The molecular formula is C15H24BrNO2. The fourth-order valence-electron chi connectivity index (χ4n) is 2.48. The number of benzene rings is 1. The molecule has 108 valence electrons. The Morgan fingerprint density at radius 2 is 1.79 bits per heavy atom. The van der Waals surface area contributed by atoms with Crippen LogP contribution < -0.4 is 4.74 Å². The molecule has 1 aliphatic rings. The van der Waals surface area contributed by atoms with Gasteiger partial charge in [-0.1, -0.05) is 18.6 Å². The summed E-state index contributed by atoms with van der Waals surface area (Å²) in [6.07, 6.45) is 4.42. The minimum absolute atomic E-state index is 0. The van der Waals surface area contributed by atoms with E-state index in [2.05, 4.69) is 4.90 Å². The lowest BCUT2D eigenvalue weighted by Gasteiger charge is -2.27. The molecule has 2 rings (SSSR count). The van der Waals surface area contributed by atoms with Gasteiger partial charge >= 0.3 is 0 Å². The van der Waals surface area contributed by atoms with E-state index in [-0.39, 0.29) is 23.1 Å². The second-order valence-corrected chi connectivity index (χ2v) is 4.98. The molecule has 0 radical (unpaired) electrons. The number of piperidine rings is 1. The molecule has 1 N–H and O–H groups in total. The first-order chi connectivity index (χ1) is 8.79. The summed E-state index contributed by atoms with van der Waals surface area (Å²) in [5.74, 6) is 0.835. The summed E-state index contributed by atoms with van der Waals surface area (Å²) in [7, 11) is 1.65. The number of aliphatic hydroxyl groups excluding tert-OH is 1. The SMILES string of the molecule is Br.COc1ccc(C(O)CCN2CCCCC2)cc1. The van der Waals surface area contributed by atoms with Crippen LogP contribution in [0.2, 0.25) is 0 Å². The summed E-state index contributed by atoms with van der Waals surface area (Å²) >= 11 is 0. The first-order valence-electron chi connectivity index (χ1n) is 6.84. The smallest absolute Gasteiger partial charge is 0.118 e. The van der Waals surface area contributed by atoms with Crippen LogP contribution >= 0.6 is 17.0 Å². The standard InChI is InChI=1S/C15H23NO2.BrH/c1-18-14-7-5-13(6-8-14)15(17)9-12-16-10-3-2-4-11-16;/h5-8,15,17H,2-4,9-12H2,1H3;1H. The van der Waals surface area contributed by atoms with Gasteiger partial charge in [-0.2, -0.15) is 0 Å². The summed E-state index contributed by atoms with van der Waals surface area (Å²) in [6.45, 7) is 3.37. The van der Waals surface area contributed by atoms with Crippen LogP contribution in [-0.4, -0.2) is 36.8 Å². The van der Waals surface area contributed by atoms with Crippen molar-refractivity contribution in [3.05, 3.63) is 29.8 Å². The van der Waals surface area contributed by atoms with E-state index >= 15 is 0 Å². The number of likely N-dealkylation sites (tertiary alicyclic amines) is 1. The quantitative estimate of drug-likeness (QED) is 0.900. The Bertz CT molecular complexity index is 350. The fourth-order valence-corrected chi connectivity index (χ4v) is 2.48. The Balaban J connectivity index is 0.00000180. The third-order valence-electron chi connectivity index (χ3n) is 3.67. The van der Waals surface area contributed by atoms with Crippen molar-refractivity contribution in [2.45, 2.75) is 31.8 Å². The number of hydrogen-bond donors (Lipinski definition) is 1. The second kappa shape index (κ2) is 8.56. The summed E-state index contributed by atoms with van der Waals surface area (Å²) in [6, 6.07) is 7.69. The molecule has 1 fully saturated rings. The van der Waals surface area contributed by atoms with Gasteiger partial charge in [0.2, 0.25) is 0 Å². The lowest BCUT2D eigenvalue weighted by Crippen LogP contribution is -2.31. The van der Waals surface area contributed by atoms with Gasteiger partial charge in [0.15, 0.2) is 0 Å². The molecule has 0 saturated carbocycles. The van der Waals surface area contributed by atoms with Crippen LogP contribution in [0, 0.1) is 0 Å². The predicted octanol–water partition coefficient (Wildman–Crippen LogP) is 3.18. The van der Waals surface area contributed by atoms with Crippen LogP contribution in [0.25, 0.3) is 0 Å². The Hall–Kier alpha value is -0.580. The lowest BCUT2D eigenvalue weighted by atomic mass is 10.1. The van der Waals surface area contributed by atoms with Gasteiger partial charge in [-0.15, -0.1) is 17.0 Å². The molecule has 0 aromatic heterocycles. The Morgan fingerprint density at radius 1 is 1.16 bits per heavy atom. The van der Waals surface area contributed by atoms with E-state index < -0.39 is 0 Å². The predicted molar refractivity (Wildman–Crippen MR) is 83.2 cm³/mol. The van der Waals surface area contributed by atoms with E-state index in [0.717, 1.165) is 24.3 Å². The fraction of sp³-hybridized carbons (Fsp3) is 0.600. The normalized spacial score (nSPS) is 17.6. The van der Waals surface area contributed by atoms with Crippen LogP contribution in [0.5, 0.6) is 5.75 Å². The van der Waals surface area contributed by atoms with E-state index in [1.165, 1.54) is 32.4 Å². The van der Waals surface area contributed by atoms with E-state index in [1.807, 2.05) is 24.3 Å². The van der Waals surface area contributed by atoms with Gasteiger partial charge in [0.05, 0.1) is 13.2 Å². The van der Waals surface area contributed by atoms with Gasteiger partial charge in [0.1, 0.15) is 5.75 Å². The van der Waals surface area contributed by atoms with Crippen molar-refractivity contribution in [3.8, 4) is 5.75 Å². The highest BCUT2D eigenvalue weighted by Gasteiger charge is 2.13. The highest BCUT2D eigenvalue weighted by Crippen LogP contribution is 2.21. The third kappa shape index (κ3) is 5.13. The number of rotatable bonds is 5. The Kier molecular flexibility index (Phi) is 7.42. The molecule has 1 aromatic rings. The van der Waals surface area contributed by atoms with Crippen molar-refractivity contribution in [2.75, 3.05) is 26.7 Å². The molecule has 1 aromatic carbocycles. The average Bonchev–Trinajstić information content (AvgIpc) is 2.46. The molecule has 4 heteroatoms. The monoisotopic (exact) mass is 329 g/mol. The average molecular weight is 330 g/mol. The number of nitrogens with zero attached hydrogens (tertiary/aromatic N) is 1. The molecule has 1 unspecified atom stereocenters. The summed E-state index contributed by atoms with van der Waals surface area (Å²) in [5.41, 5.74) is 0.979. The van der Waals surface area contributed by atoms with E-state index in [4.69, 9.17) is 4.74 Å². The van der Waals surface area contributed by atoms with Gasteiger partial charge in [-0.05, 0) is 50.0 Å². The van der Waals surface area contributed by atoms with Crippen LogP contribution in [0.3, 0.4) is 0 Å². The molecule has 0 bridgehead atoms. The highest BCUT2D eigenvalue weighted by molar-refractivity contribution is 8.93. The minimum atomic E-state index is -0.363. The summed E-state index contributed by atoms with van der Waals surface area (Å²) < 4.78 is 5.11. The topological polar surface area (TPSA) is 32.7 Å². The molecule has 19 heavy (non-hydrogen) atoms. The third-order valence-corrected chi connectivity index (χ3v) is 3.67. The zero-order valence-electron chi connectivity index (χ0n) is 11.5. The van der Waals surface area contributed by atoms with Crippen LogP contribution in [-0.2, 0) is 0 Å². The summed E-state index contributed by atoms with van der Waals surface area (Å²) in [5, 5.41) is 10.1. The van der Waals surface area contributed by atoms with Crippen molar-refractivity contribution >= 4 is 17.0 Å². The Labute approximate surface area is 126 Å². The van der Waals surface area contributed by atoms with Gasteiger partial charge < -0.3 is 14.7 Å². The molecule has 3 nitrogen and oxygen atoms in total. The molecular weight excluding hydrogens is 306 g/mol. The van der Waals surface area contributed by atoms with Gasteiger partial charge in [0.25, 0.3) is 0 Å². The van der Waals surface area contributed by atoms with E-state index in [1.54, 1.807) is 7.11 Å². The zero-order chi connectivity index (χ0) is 12.8. The van der Waals surface area contributed by atoms with E-state index in [9.17, 15) is 5.11 Å². The molecule has 1 aliphatic heterocycles. The molecule has 1 atom stereocenters. The maximum Gasteiger partial charge on any atom is 0.118 e. The maximum atomic E-state index is 10.1. The molecule has 1 saturated heterocycles. The number of hydrogen-bond acceptors (Lipinski definition) is 3. The largest absolute Gasteiger partial charge is 0.497 e. The molecule has 0 amide bonds. The van der Waals surface area contributed by atoms with Crippen LogP contribution in [0.15, 0.2) is 24.3 Å². The first-order valence-corrected chi connectivity index (χ1v) is 6.84. The number of aliphatic hydroxyl groups is 1. The van der Waals surface area contributed by atoms with E-state index in [0.29, 0.717) is 0 Å². The Morgan fingerprint density at radius 3 is 2.37 bits per heavy atom. The van der Waals surface area contributed by atoms with Gasteiger partial charge in [0, 0.05) is 6.54 Å².